The van der Waals surface area contributed by atoms with Crippen LogP contribution in [0.4, 0.5) is 5.13 Å². The predicted octanol–water partition coefficient (Wildman–Crippen LogP) is 2.83. The normalized spacial score (nSPS) is 17.3. The van der Waals surface area contributed by atoms with Gasteiger partial charge in [-0.3, -0.25) is 9.48 Å². The van der Waals surface area contributed by atoms with Crippen LogP contribution in [0.5, 0.6) is 5.75 Å². The number of piperidine rings is 1. The average Bonchev–Trinajstić information content (AvgIpc) is 3.29. The quantitative estimate of drug-likeness (QED) is 0.731. The molecule has 0 aliphatic carbocycles. The fourth-order valence-corrected chi connectivity index (χ4v) is 4.40. The first-order valence-electron chi connectivity index (χ1n) is 9.22. The Hall–Kier alpha value is -2.61. The fraction of sp³-hybridized carbons (Fsp3) is 0.421. The molecule has 1 aliphatic rings. The number of thiazole rings is 1. The molecular weight excluding hydrogens is 362 g/mol. The van der Waals surface area contributed by atoms with Gasteiger partial charge in [-0.1, -0.05) is 17.4 Å². The molecule has 1 saturated heterocycles. The number of nitrogens with zero attached hydrogens (tertiary/aromatic N) is 4. The van der Waals surface area contributed by atoms with E-state index in [1.54, 1.807) is 28.3 Å². The van der Waals surface area contributed by atoms with Crippen LogP contribution in [0.15, 0.2) is 30.5 Å². The third-order valence-electron chi connectivity index (χ3n) is 4.64. The number of rotatable bonds is 5. The lowest BCUT2D eigenvalue weighted by Gasteiger charge is -2.32. The van der Waals surface area contributed by atoms with E-state index in [0.717, 1.165) is 47.0 Å². The standard InChI is InChI=1S/C19H23N5O2S/c1-3-26-15-7-4-8-16-17(15)21-19(27-16)24-10-5-6-13(12-24)20-18(25)14-9-11-23(2)22-14/h4,7-9,11,13H,3,5-6,10,12H2,1-2H3,(H,20,25). The number of ether oxygens (including phenoxy) is 1. The van der Waals surface area contributed by atoms with Crippen molar-refractivity contribution in [3.05, 3.63) is 36.2 Å². The molecule has 1 N–H and O–H groups in total. The third-order valence-corrected chi connectivity index (χ3v) is 5.73. The Morgan fingerprint density at radius 2 is 2.30 bits per heavy atom. The maximum Gasteiger partial charge on any atom is 0.272 e. The second kappa shape index (κ2) is 7.56. The largest absolute Gasteiger partial charge is 0.492 e. The van der Waals surface area contributed by atoms with Gasteiger partial charge in [0, 0.05) is 32.4 Å². The summed E-state index contributed by atoms with van der Waals surface area (Å²) in [6.45, 7) is 4.30. The van der Waals surface area contributed by atoms with Crippen molar-refractivity contribution in [2.24, 2.45) is 7.05 Å². The Morgan fingerprint density at radius 1 is 1.41 bits per heavy atom. The summed E-state index contributed by atoms with van der Waals surface area (Å²) < 4.78 is 8.46. The van der Waals surface area contributed by atoms with Crippen LogP contribution in [0.1, 0.15) is 30.3 Å². The van der Waals surface area contributed by atoms with Crippen molar-refractivity contribution in [2.75, 3.05) is 24.6 Å². The first-order chi connectivity index (χ1) is 13.1. The summed E-state index contributed by atoms with van der Waals surface area (Å²) in [5, 5.41) is 8.27. The summed E-state index contributed by atoms with van der Waals surface area (Å²) in [6.07, 6.45) is 3.75. The zero-order chi connectivity index (χ0) is 18.8. The SMILES string of the molecule is CCOc1cccc2sc(N3CCCC(NC(=O)c4ccn(C)n4)C3)nc12. The van der Waals surface area contributed by atoms with Gasteiger partial charge in [-0.15, -0.1) is 0 Å². The number of nitrogens with one attached hydrogen (secondary N) is 1. The Bertz CT molecular complexity index is 951. The molecule has 1 fully saturated rings. The van der Waals surface area contributed by atoms with E-state index in [1.165, 1.54) is 0 Å². The van der Waals surface area contributed by atoms with Crippen LogP contribution in [0.3, 0.4) is 0 Å². The molecule has 1 unspecified atom stereocenters. The summed E-state index contributed by atoms with van der Waals surface area (Å²) in [4.78, 5) is 19.5. The smallest absolute Gasteiger partial charge is 0.272 e. The van der Waals surface area contributed by atoms with Gasteiger partial charge in [-0.2, -0.15) is 5.10 Å². The summed E-state index contributed by atoms with van der Waals surface area (Å²) in [6, 6.07) is 7.86. The number of carbonyl (C=O) groups is 1. The number of carbonyl (C=O) groups excluding carboxylic acids is 1. The Kier molecular flexibility index (Phi) is 4.98. The van der Waals surface area contributed by atoms with Crippen LogP contribution in [0.2, 0.25) is 0 Å². The second-order valence-electron chi connectivity index (χ2n) is 6.67. The zero-order valence-electron chi connectivity index (χ0n) is 15.5. The lowest BCUT2D eigenvalue weighted by molar-refractivity contribution is 0.0927. The van der Waals surface area contributed by atoms with Crippen LogP contribution < -0.4 is 15.0 Å². The van der Waals surface area contributed by atoms with Crippen LogP contribution in [-0.4, -0.2) is 46.4 Å². The van der Waals surface area contributed by atoms with Gasteiger partial charge < -0.3 is 15.0 Å². The number of fused-ring (bicyclic) bond motifs is 1. The molecule has 1 atom stereocenters. The van der Waals surface area contributed by atoms with Gasteiger partial charge in [0.1, 0.15) is 17.0 Å². The summed E-state index contributed by atoms with van der Waals surface area (Å²) in [5.74, 6) is 0.708. The van der Waals surface area contributed by atoms with E-state index in [-0.39, 0.29) is 11.9 Å². The molecule has 27 heavy (non-hydrogen) atoms. The molecule has 8 heteroatoms. The van der Waals surface area contributed by atoms with E-state index in [0.29, 0.717) is 12.3 Å². The Labute approximate surface area is 162 Å². The molecule has 0 bridgehead atoms. The van der Waals surface area contributed by atoms with E-state index in [9.17, 15) is 4.79 Å². The first-order valence-corrected chi connectivity index (χ1v) is 10.0. The maximum absolute atomic E-state index is 12.4. The third kappa shape index (κ3) is 3.75. The van der Waals surface area contributed by atoms with Gasteiger partial charge in [0.05, 0.1) is 11.3 Å². The van der Waals surface area contributed by atoms with E-state index in [2.05, 4.69) is 21.4 Å². The highest BCUT2D eigenvalue weighted by molar-refractivity contribution is 7.22. The minimum atomic E-state index is -0.120. The monoisotopic (exact) mass is 385 g/mol. The van der Waals surface area contributed by atoms with Gasteiger partial charge in [0.15, 0.2) is 5.13 Å². The van der Waals surface area contributed by atoms with Gasteiger partial charge >= 0.3 is 0 Å². The molecule has 2 aromatic heterocycles. The molecular formula is C19H23N5O2S. The maximum atomic E-state index is 12.4. The Balaban J connectivity index is 1.48. The van der Waals surface area contributed by atoms with Gasteiger partial charge in [0.25, 0.3) is 5.91 Å². The molecule has 4 rings (SSSR count). The van der Waals surface area contributed by atoms with E-state index >= 15 is 0 Å². The Morgan fingerprint density at radius 3 is 3.07 bits per heavy atom. The number of hydrogen-bond acceptors (Lipinski definition) is 6. The highest BCUT2D eigenvalue weighted by Gasteiger charge is 2.25. The number of aromatic nitrogens is 3. The first kappa shape index (κ1) is 17.8. The average molecular weight is 385 g/mol. The highest BCUT2D eigenvalue weighted by Crippen LogP contribution is 2.35. The van der Waals surface area contributed by atoms with E-state index < -0.39 is 0 Å². The van der Waals surface area contributed by atoms with E-state index in [1.807, 2.05) is 26.1 Å². The van der Waals surface area contributed by atoms with Crippen molar-refractivity contribution in [1.82, 2.24) is 20.1 Å². The molecule has 1 amide bonds. The predicted molar refractivity (Wildman–Crippen MR) is 107 cm³/mol. The van der Waals surface area contributed by atoms with E-state index in [4.69, 9.17) is 9.72 Å². The molecule has 1 aliphatic heterocycles. The van der Waals surface area contributed by atoms with Crippen molar-refractivity contribution in [3.63, 3.8) is 0 Å². The lowest BCUT2D eigenvalue weighted by Crippen LogP contribution is -2.47. The molecule has 3 aromatic rings. The van der Waals surface area contributed by atoms with Gasteiger partial charge in [0.2, 0.25) is 0 Å². The second-order valence-corrected chi connectivity index (χ2v) is 7.67. The highest BCUT2D eigenvalue weighted by atomic mass is 32.1. The minimum Gasteiger partial charge on any atom is -0.492 e. The number of amides is 1. The molecule has 0 radical (unpaired) electrons. The molecule has 1 aromatic carbocycles. The van der Waals surface area contributed by atoms with Crippen LogP contribution in [0, 0.1) is 0 Å². The van der Waals surface area contributed by atoms with Crippen LogP contribution in [0.25, 0.3) is 10.2 Å². The summed E-state index contributed by atoms with van der Waals surface area (Å²) in [5.41, 5.74) is 1.37. The number of anilines is 1. The topological polar surface area (TPSA) is 72.3 Å². The van der Waals surface area contributed by atoms with Crippen LogP contribution >= 0.6 is 11.3 Å². The van der Waals surface area contributed by atoms with Crippen molar-refractivity contribution in [1.29, 1.82) is 0 Å². The van der Waals surface area contributed by atoms with Crippen molar-refractivity contribution < 1.29 is 9.53 Å². The number of para-hydroxylation sites is 1. The number of hydrogen-bond donors (Lipinski definition) is 1. The number of benzene rings is 1. The lowest BCUT2D eigenvalue weighted by atomic mass is 10.1. The van der Waals surface area contributed by atoms with Crippen molar-refractivity contribution >= 4 is 32.6 Å². The summed E-state index contributed by atoms with van der Waals surface area (Å²) >= 11 is 1.67. The zero-order valence-corrected chi connectivity index (χ0v) is 16.3. The molecule has 142 valence electrons. The fourth-order valence-electron chi connectivity index (χ4n) is 3.38. The summed E-state index contributed by atoms with van der Waals surface area (Å²) in [7, 11) is 1.81. The molecule has 3 heterocycles. The molecule has 7 nitrogen and oxygen atoms in total. The van der Waals surface area contributed by atoms with Gasteiger partial charge in [-0.05, 0) is 38.0 Å². The van der Waals surface area contributed by atoms with Crippen LogP contribution in [-0.2, 0) is 7.05 Å². The van der Waals surface area contributed by atoms with Crippen molar-refractivity contribution in [2.45, 2.75) is 25.8 Å². The molecule has 0 saturated carbocycles. The minimum absolute atomic E-state index is 0.0895. The van der Waals surface area contributed by atoms with Crippen molar-refractivity contribution in [3.8, 4) is 5.75 Å². The van der Waals surface area contributed by atoms with Gasteiger partial charge in [-0.25, -0.2) is 4.98 Å². The number of aryl methyl sites for hydroxylation is 1. The molecule has 0 spiro atoms.